The van der Waals surface area contributed by atoms with Crippen LogP contribution in [0.4, 0.5) is 5.69 Å². The van der Waals surface area contributed by atoms with Crippen LogP contribution in [-0.2, 0) is 9.53 Å². The molecule has 0 saturated carbocycles. The smallest absolute Gasteiger partial charge is 0.329 e. The Kier molecular flexibility index (Phi) is 5.48. The van der Waals surface area contributed by atoms with Crippen molar-refractivity contribution in [2.45, 2.75) is 12.5 Å². The van der Waals surface area contributed by atoms with E-state index in [0.717, 1.165) is 0 Å². The lowest BCUT2D eigenvalue weighted by Gasteiger charge is -2.25. The quantitative estimate of drug-likeness (QED) is 0.457. The number of carbonyl (C=O) groups is 1. The Morgan fingerprint density at radius 2 is 2.10 bits per heavy atom. The van der Waals surface area contributed by atoms with Crippen molar-refractivity contribution in [3.63, 3.8) is 0 Å². The number of ether oxygens (including phenoxy) is 3. The molecule has 0 aliphatic rings. The van der Waals surface area contributed by atoms with E-state index in [4.69, 9.17) is 9.47 Å². The highest BCUT2D eigenvalue weighted by Crippen LogP contribution is 2.31. The third-order valence-corrected chi connectivity index (χ3v) is 3.07. The second-order valence-electron chi connectivity index (χ2n) is 4.45. The molecule has 0 fully saturated rings. The molecule has 0 radical (unpaired) electrons. The molecular weight excluding hydrogens is 280 g/mol. The number of nitro groups is 1. The molecule has 0 heterocycles. The predicted molar refractivity (Wildman–Crippen MR) is 74.6 cm³/mol. The molecule has 0 amide bonds. The molecule has 0 aliphatic heterocycles. The second kappa shape index (κ2) is 6.89. The first-order valence-corrected chi connectivity index (χ1v) is 6.10. The molecule has 1 aromatic carbocycles. The van der Waals surface area contributed by atoms with Crippen molar-refractivity contribution in [1.29, 1.82) is 0 Å². The van der Waals surface area contributed by atoms with Crippen LogP contribution in [0.3, 0.4) is 0 Å². The van der Waals surface area contributed by atoms with Gasteiger partial charge in [0, 0.05) is 0 Å². The number of carbonyl (C=O) groups excluding carboxylic acids is 1. The minimum Gasteiger partial charge on any atom is -0.496 e. The third kappa shape index (κ3) is 3.82. The van der Waals surface area contributed by atoms with Crippen molar-refractivity contribution in [3.8, 4) is 11.5 Å². The van der Waals surface area contributed by atoms with Gasteiger partial charge in [-0.3, -0.25) is 10.1 Å². The first-order valence-electron chi connectivity index (χ1n) is 6.10. The van der Waals surface area contributed by atoms with Gasteiger partial charge >= 0.3 is 11.7 Å². The number of rotatable bonds is 7. The number of nitrogens with one attached hydrogen (secondary N) is 1. The van der Waals surface area contributed by atoms with Crippen molar-refractivity contribution in [3.05, 3.63) is 28.3 Å². The molecule has 1 unspecified atom stereocenters. The highest BCUT2D eigenvalue weighted by atomic mass is 16.6. The predicted octanol–water partition coefficient (Wildman–Crippen LogP) is 1.13. The Morgan fingerprint density at radius 1 is 1.43 bits per heavy atom. The summed E-state index contributed by atoms with van der Waals surface area (Å²) in [5, 5.41) is 13.8. The SMILES string of the molecule is CNC(C)(COc1ccc(OC)cc1[N+](=O)[O-])C(=O)OC. The van der Waals surface area contributed by atoms with Gasteiger partial charge in [-0.1, -0.05) is 0 Å². The molecule has 0 bridgehead atoms. The van der Waals surface area contributed by atoms with Crippen LogP contribution in [0.25, 0.3) is 0 Å². The van der Waals surface area contributed by atoms with Crippen LogP contribution >= 0.6 is 0 Å². The van der Waals surface area contributed by atoms with E-state index in [0.29, 0.717) is 5.75 Å². The van der Waals surface area contributed by atoms with Gasteiger partial charge < -0.3 is 19.5 Å². The zero-order valence-corrected chi connectivity index (χ0v) is 12.3. The van der Waals surface area contributed by atoms with Gasteiger partial charge in [0.2, 0.25) is 0 Å². The van der Waals surface area contributed by atoms with Crippen LogP contribution in [0, 0.1) is 10.1 Å². The van der Waals surface area contributed by atoms with Gasteiger partial charge in [0.15, 0.2) is 5.75 Å². The standard InChI is InChI=1S/C13H18N2O6/c1-13(14-2,12(16)20-4)8-21-11-6-5-9(19-3)7-10(11)15(17)18/h5-7,14H,8H2,1-4H3. The van der Waals surface area contributed by atoms with Crippen molar-refractivity contribution in [2.24, 2.45) is 0 Å². The molecular formula is C13H18N2O6. The van der Waals surface area contributed by atoms with E-state index in [1.54, 1.807) is 14.0 Å². The molecule has 1 atom stereocenters. The molecule has 0 aliphatic carbocycles. The van der Waals surface area contributed by atoms with Gasteiger partial charge in [0.1, 0.15) is 17.9 Å². The van der Waals surface area contributed by atoms with Crippen molar-refractivity contribution < 1.29 is 23.9 Å². The van der Waals surface area contributed by atoms with Gasteiger partial charge in [-0.15, -0.1) is 0 Å². The highest BCUT2D eigenvalue weighted by Gasteiger charge is 2.34. The number of hydrogen-bond acceptors (Lipinski definition) is 7. The maximum atomic E-state index is 11.7. The number of methoxy groups -OCH3 is 2. The first-order chi connectivity index (χ1) is 9.87. The summed E-state index contributed by atoms with van der Waals surface area (Å²) in [6.45, 7) is 1.46. The normalized spacial score (nSPS) is 13.1. The number of esters is 1. The van der Waals surface area contributed by atoms with Gasteiger partial charge in [0.25, 0.3) is 0 Å². The molecule has 1 N–H and O–H groups in total. The van der Waals surface area contributed by atoms with E-state index in [9.17, 15) is 14.9 Å². The molecule has 21 heavy (non-hydrogen) atoms. The zero-order chi connectivity index (χ0) is 16.0. The number of nitrogens with zero attached hydrogens (tertiary/aromatic N) is 1. The molecule has 1 rings (SSSR count). The number of nitro benzene ring substituents is 1. The van der Waals surface area contributed by atoms with Gasteiger partial charge in [-0.05, 0) is 26.1 Å². The molecule has 8 nitrogen and oxygen atoms in total. The summed E-state index contributed by atoms with van der Waals surface area (Å²) < 4.78 is 15.0. The maximum Gasteiger partial charge on any atom is 0.329 e. The summed E-state index contributed by atoms with van der Waals surface area (Å²) in [5.74, 6) is -0.134. The fourth-order valence-electron chi connectivity index (χ4n) is 1.57. The summed E-state index contributed by atoms with van der Waals surface area (Å²) >= 11 is 0. The fourth-order valence-corrected chi connectivity index (χ4v) is 1.57. The molecule has 0 aromatic heterocycles. The Labute approximate surface area is 122 Å². The highest BCUT2D eigenvalue weighted by molar-refractivity contribution is 5.80. The Bertz CT molecular complexity index is 533. The molecule has 1 aromatic rings. The van der Waals surface area contributed by atoms with Crippen LogP contribution < -0.4 is 14.8 Å². The Morgan fingerprint density at radius 3 is 2.57 bits per heavy atom. The molecule has 0 saturated heterocycles. The maximum absolute atomic E-state index is 11.7. The summed E-state index contributed by atoms with van der Waals surface area (Å²) in [6.07, 6.45) is 0. The fraction of sp³-hybridized carbons (Fsp3) is 0.462. The summed E-state index contributed by atoms with van der Waals surface area (Å²) in [6, 6.07) is 4.21. The van der Waals surface area contributed by atoms with Gasteiger partial charge in [0.05, 0.1) is 25.2 Å². The van der Waals surface area contributed by atoms with Crippen LogP contribution in [0.2, 0.25) is 0 Å². The van der Waals surface area contributed by atoms with E-state index in [-0.39, 0.29) is 18.0 Å². The lowest BCUT2D eigenvalue weighted by Crippen LogP contribution is -2.52. The van der Waals surface area contributed by atoms with E-state index >= 15 is 0 Å². The van der Waals surface area contributed by atoms with Crippen LogP contribution in [0.15, 0.2) is 18.2 Å². The van der Waals surface area contributed by atoms with Crippen LogP contribution in [0.1, 0.15) is 6.92 Å². The number of hydrogen-bond donors (Lipinski definition) is 1. The summed E-state index contributed by atoms with van der Waals surface area (Å²) in [5.41, 5.74) is -1.35. The zero-order valence-electron chi connectivity index (χ0n) is 12.3. The minimum absolute atomic E-state index is 0.0474. The lowest BCUT2D eigenvalue weighted by atomic mass is 10.1. The number of benzene rings is 1. The van der Waals surface area contributed by atoms with Gasteiger partial charge in [-0.2, -0.15) is 0 Å². The topological polar surface area (TPSA) is 99.9 Å². The second-order valence-corrected chi connectivity index (χ2v) is 4.45. The van der Waals surface area contributed by atoms with Crippen LogP contribution in [0.5, 0.6) is 11.5 Å². The van der Waals surface area contributed by atoms with Gasteiger partial charge in [-0.25, -0.2) is 4.79 Å². The average molecular weight is 298 g/mol. The Hall–Kier alpha value is -2.35. The number of likely N-dealkylation sites (N-methyl/N-ethyl adjacent to an activating group) is 1. The van der Waals surface area contributed by atoms with E-state index < -0.39 is 16.4 Å². The largest absolute Gasteiger partial charge is 0.496 e. The first kappa shape index (κ1) is 16.7. The third-order valence-electron chi connectivity index (χ3n) is 3.07. The van der Waals surface area contributed by atoms with Crippen molar-refractivity contribution in [1.82, 2.24) is 5.32 Å². The lowest BCUT2D eigenvalue weighted by molar-refractivity contribution is -0.386. The monoisotopic (exact) mass is 298 g/mol. The average Bonchev–Trinajstić information content (AvgIpc) is 2.51. The van der Waals surface area contributed by atoms with E-state index in [2.05, 4.69) is 10.1 Å². The van der Waals surface area contributed by atoms with Crippen molar-refractivity contribution >= 4 is 11.7 Å². The Balaban J connectivity index is 2.97. The molecule has 116 valence electrons. The van der Waals surface area contributed by atoms with E-state index in [1.165, 1.54) is 32.4 Å². The van der Waals surface area contributed by atoms with Crippen molar-refractivity contribution in [2.75, 3.05) is 27.9 Å². The van der Waals surface area contributed by atoms with E-state index in [1.807, 2.05) is 0 Å². The van der Waals surface area contributed by atoms with Crippen LogP contribution in [-0.4, -0.2) is 44.3 Å². The summed E-state index contributed by atoms with van der Waals surface area (Å²) in [7, 11) is 4.24. The minimum atomic E-state index is -1.11. The molecule has 8 heteroatoms. The summed E-state index contributed by atoms with van der Waals surface area (Å²) in [4.78, 5) is 22.1. The molecule has 0 spiro atoms.